The Kier molecular flexibility index (Phi) is 6.47. The first-order valence-corrected chi connectivity index (χ1v) is 13.1. The lowest BCUT2D eigenvalue weighted by atomic mass is 9.97. The van der Waals surface area contributed by atoms with E-state index in [4.69, 9.17) is 28.2 Å². The number of rotatable bonds is 5. The highest BCUT2D eigenvalue weighted by atomic mass is 35.5. The van der Waals surface area contributed by atoms with Crippen molar-refractivity contribution in [3.63, 3.8) is 0 Å². The molecule has 2 aromatic heterocycles. The van der Waals surface area contributed by atoms with E-state index in [1.807, 2.05) is 0 Å². The molecule has 4 aromatic rings. The molecule has 0 saturated carbocycles. The van der Waals surface area contributed by atoms with E-state index < -0.39 is 0 Å². The summed E-state index contributed by atoms with van der Waals surface area (Å²) in [6, 6.07) is 14.1. The standard InChI is InChI=1S/C24H19Cl2N3O2S2/c25-14-8-10-17(11-9-14)29-23(31)21-18-6-1-2-7-19(18)33-22(21)28-24(29)32-13-20(30)27-16-5-3-4-15(26)12-16/h3-5,8-12H,1-2,6-7,13H2,(H,27,30). The van der Waals surface area contributed by atoms with Crippen molar-refractivity contribution >= 4 is 68.1 Å². The molecule has 2 aromatic carbocycles. The van der Waals surface area contributed by atoms with Crippen molar-refractivity contribution in [3.05, 3.63) is 79.4 Å². The van der Waals surface area contributed by atoms with Gasteiger partial charge in [0.05, 0.1) is 16.8 Å². The summed E-state index contributed by atoms with van der Waals surface area (Å²) in [5, 5.41) is 5.16. The second-order valence-electron chi connectivity index (χ2n) is 7.75. The first kappa shape index (κ1) is 22.5. The number of thioether (sulfide) groups is 1. The third-order valence-corrected chi connectivity index (χ3v) is 8.10. The molecule has 1 aliphatic rings. The van der Waals surface area contributed by atoms with Crippen LogP contribution in [0.5, 0.6) is 0 Å². The average molecular weight is 516 g/mol. The lowest BCUT2D eigenvalue weighted by Gasteiger charge is -2.14. The van der Waals surface area contributed by atoms with Crippen molar-refractivity contribution < 1.29 is 4.79 Å². The average Bonchev–Trinajstić information content (AvgIpc) is 3.17. The summed E-state index contributed by atoms with van der Waals surface area (Å²) in [6.07, 6.45) is 4.11. The summed E-state index contributed by atoms with van der Waals surface area (Å²) in [7, 11) is 0. The molecule has 2 heterocycles. The van der Waals surface area contributed by atoms with E-state index in [2.05, 4.69) is 5.32 Å². The minimum atomic E-state index is -0.204. The molecule has 5 nitrogen and oxygen atoms in total. The molecule has 0 saturated heterocycles. The number of amides is 1. The number of aromatic nitrogens is 2. The van der Waals surface area contributed by atoms with E-state index in [-0.39, 0.29) is 17.2 Å². The Balaban J connectivity index is 1.52. The number of hydrogen-bond donors (Lipinski definition) is 1. The number of fused-ring (bicyclic) bond motifs is 3. The number of hydrogen-bond acceptors (Lipinski definition) is 5. The molecule has 9 heteroatoms. The summed E-state index contributed by atoms with van der Waals surface area (Å²) in [5.41, 5.74) is 2.33. The fraction of sp³-hybridized carbons (Fsp3) is 0.208. The van der Waals surface area contributed by atoms with Crippen LogP contribution < -0.4 is 10.9 Å². The molecule has 1 N–H and O–H groups in total. The summed E-state index contributed by atoms with van der Waals surface area (Å²) in [4.78, 5) is 33.1. The van der Waals surface area contributed by atoms with E-state index in [1.54, 1.807) is 64.4 Å². The fourth-order valence-electron chi connectivity index (χ4n) is 3.99. The highest BCUT2D eigenvalue weighted by Crippen LogP contribution is 2.35. The molecule has 0 radical (unpaired) electrons. The molecule has 0 aliphatic heterocycles. The first-order valence-electron chi connectivity index (χ1n) is 10.5. The van der Waals surface area contributed by atoms with Crippen molar-refractivity contribution in [2.75, 3.05) is 11.1 Å². The summed E-state index contributed by atoms with van der Waals surface area (Å²) in [5.74, 6) is -0.104. The van der Waals surface area contributed by atoms with Gasteiger partial charge in [-0.15, -0.1) is 11.3 Å². The minimum Gasteiger partial charge on any atom is -0.325 e. The smallest absolute Gasteiger partial charge is 0.267 e. The van der Waals surface area contributed by atoms with Gasteiger partial charge >= 0.3 is 0 Å². The van der Waals surface area contributed by atoms with E-state index in [1.165, 1.54) is 16.6 Å². The Morgan fingerprint density at radius 1 is 1.09 bits per heavy atom. The minimum absolute atomic E-state index is 0.0977. The van der Waals surface area contributed by atoms with Gasteiger partial charge in [-0.05, 0) is 73.7 Å². The quantitative estimate of drug-likeness (QED) is 0.248. The Morgan fingerprint density at radius 2 is 1.88 bits per heavy atom. The van der Waals surface area contributed by atoms with Gasteiger partial charge in [0.2, 0.25) is 5.91 Å². The molecule has 33 heavy (non-hydrogen) atoms. The van der Waals surface area contributed by atoms with Crippen LogP contribution in [0.2, 0.25) is 10.0 Å². The van der Waals surface area contributed by atoms with Crippen LogP contribution in [0, 0.1) is 0 Å². The summed E-state index contributed by atoms with van der Waals surface area (Å²) >= 11 is 14.9. The zero-order chi connectivity index (χ0) is 22.9. The van der Waals surface area contributed by atoms with Crippen LogP contribution >= 0.6 is 46.3 Å². The van der Waals surface area contributed by atoms with Gasteiger partial charge in [-0.25, -0.2) is 4.98 Å². The third-order valence-electron chi connectivity index (χ3n) is 5.48. The Hall–Kier alpha value is -2.32. The number of nitrogens with one attached hydrogen (secondary N) is 1. The number of nitrogens with zero attached hydrogens (tertiary/aromatic N) is 2. The molecule has 168 valence electrons. The summed E-state index contributed by atoms with van der Waals surface area (Å²) < 4.78 is 1.59. The van der Waals surface area contributed by atoms with Crippen LogP contribution in [-0.2, 0) is 17.6 Å². The number of benzene rings is 2. The van der Waals surface area contributed by atoms with Gasteiger partial charge < -0.3 is 5.32 Å². The van der Waals surface area contributed by atoms with E-state index >= 15 is 0 Å². The predicted octanol–water partition coefficient (Wildman–Crippen LogP) is 6.36. The number of carbonyl (C=O) groups excluding carboxylic acids is 1. The van der Waals surface area contributed by atoms with Crippen molar-refractivity contribution in [2.24, 2.45) is 0 Å². The van der Waals surface area contributed by atoms with Crippen LogP contribution in [0.3, 0.4) is 0 Å². The Bertz CT molecular complexity index is 1410. The van der Waals surface area contributed by atoms with Gasteiger partial charge in [-0.1, -0.05) is 41.0 Å². The molecule has 0 fully saturated rings. The summed E-state index contributed by atoms with van der Waals surface area (Å²) in [6.45, 7) is 0. The maximum atomic E-state index is 13.7. The van der Waals surface area contributed by atoms with Gasteiger partial charge in [0.1, 0.15) is 4.83 Å². The number of thiophene rings is 1. The van der Waals surface area contributed by atoms with Crippen molar-refractivity contribution in [1.82, 2.24) is 9.55 Å². The zero-order valence-electron chi connectivity index (χ0n) is 17.4. The van der Waals surface area contributed by atoms with Gasteiger partial charge in [-0.3, -0.25) is 14.2 Å². The van der Waals surface area contributed by atoms with E-state index in [0.717, 1.165) is 36.1 Å². The van der Waals surface area contributed by atoms with Crippen molar-refractivity contribution in [2.45, 2.75) is 30.8 Å². The first-order chi connectivity index (χ1) is 16.0. The Morgan fingerprint density at radius 3 is 2.67 bits per heavy atom. The van der Waals surface area contributed by atoms with Gasteiger partial charge in [-0.2, -0.15) is 0 Å². The monoisotopic (exact) mass is 515 g/mol. The van der Waals surface area contributed by atoms with Crippen LogP contribution in [0.25, 0.3) is 15.9 Å². The van der Waals surface area contributed by atoms with Crippen LogP contribution in [0.1, 0.15) is 23.3 Å². The van der Waals surface area contributed by atoms with Gasteiger partial charge in [0, 0.05) is 20.6 Å². The molecular formula is C24H19Cl2N3O2S2. The van der Waals surface area contributed by atoms with E-state index in [0.29, 0.717) is 32.0 Å². The second kappa shape index (κ2) is 9.50. The third kappa shape index (κ3) is 4.68. The molecule has 0 atom stereocenters. The topological polar surface area (TPSA) is 64.0 Å². The Labute approximate surface area is 208 Å². The number of anilines is 1. The molecule has 5 rings (SSSR count). The van der Waals surface area contributed by atoms with Crippen LogP contribution in [0.4, 0.5) is 5.69 Å². The zero-order valence-corrected chi connectivity index (χ0v) is 20.6. The lowest BCUT2D eigenvalue weighted by molar-refractivity contribution is -0.113. The molecule has 1 aliphatic carbocycles. The van der Waals surface area contributed by atoms with Crippen molar-refractivity contribution in [3.8, 4) is 5.69 Å². The normalized spacial score (nSPS) is 13.2. The molecular weight excluding hydrogens is 497 g/mol. The van der Waals surface area contributed by atoms with Crippen molar-refractivity contribution in [1.29, 1.82) is 0 Å². The lowest BCUT2D eigenvalue weighted by Crippen LogP contribution is -2.23. The maximum Gasteiger partial charge on any atom is 0.267 e. The van der Waals surface area contributed by atoms with Crippen LogP contribution in [-0.4, -0.2) is 21.2 Å². The SMILES string of the molecule is O=C(CSc1nc2sc3c(c2c(=O)n1-c1ccc(Cl)cc1)CCCC3)Nc1cccc(Cl)c1. The molecule has 0 unspecified atom stereocenters. The molecule has 0 spiro atoms. The number of halogens is 2. The van der Waals surface area contributed by atoms with Crippen LogP contribution in [0.15, 0.2) is 58.5 Å². The molecule has 1 amide bonds. The van der Waals surface area contributed by atoms with E-state index in [9.17, 15) is 9.59 Å². The highest BCUT2D eigenvalue weighted by molar-refractivity contribution is 7.99. The largest absolute Gasteiger partial charge is 0.325 e. The second-order valence-corrected chi connectivity index (χ2v) is 10.6. The number of aryl methyl sites for hydroxylation is 2. The fourth-order valence-corrected chi connectivity index (χ4v) is 6.43. The van der Waals surface area contributed by atoms with Gasteiger partial charge in [0.15, 0.2) is 5.16 Å². The molecule has 0 bridgehead atoms. The van der Waals surface area contributed by atoms with Gasteiger partial charge in [0.25, 0.3) is 5.56 Å². The highest BCUT2D eigenvalue weighted by Gasteiger charge is 2.23. The number of carbonyl (C=O) groups is 1. The predicted molar refractivity (Wildman–Crippen MR) is 138 cm³/mol. The maximum absolute atomic E-state index is 13.7.